The molecule has 0 amide bonds. The van der Waals surface area contributed by atoms with Crippen LogP contribution in [0.1, 0.15) is 80.0 Å². The van der Waals surface area contributed by atoms with Crippen LogP contribution in [0, 0.1) is 0 Å². The molecule has 2 aliphatic heterocycles. The zero-order chi connectivity index (χ0) is 31.6. The summed E-state index contributed by atoms with van der Waals surface area (Å²) in [5, 5.41) is 23.9. The van der Waals surface area contributed by atoms with Gasteiger partial charge in [-0.3, -0.25) is 9.80 Å². The van der Waals surface area contributed by atoms with Gasteiger partial charge in [0.15, 0.2) is 11.5 Å². The molecule has 2 aliphatic carbocycles. The fourth-order valence-corrected chi connectivity index (χ4v) is 9.74. The van der Waals surface area contributed by atoms with Gasteiger partial charge >= 0.3 is 0 Å². The maximum absolute atomic E-state index is 12.9. The largest absolute Gasteiger partial charge is 0.504 e. The molecular weight excluding hydrogens is 568 g/mol. The molecule has 5 atom stereocenters. The minimum absolute atomic E-state index is 0.0400. The van der Waals surface area contributed by atoms with E-state index in [2.05, 4.69) is 83.1 Å². The summed E-state index contributed by atoms with van der Waals surface area (Å²) in [4.78, 5) is 5.17. The lowest BCUT2D eigenvalue weighted by molar-refractivity contribution is -0.198. The molecule has 3 aromatic rings. The van der Waals surface area contributed by atoms with E-state index in [1.165, 1.54) is 42.4 Å². The van der Waals surface area contributed by atoms with Crippen LogP contribution in [-0.4, -0.2) is 70.0 Å². The van der Waals surface area contributed by atoms with Gasteiger partial charge in [0.25, 0.3) is 0 Å². The van der Waals surface area contributed by atoms with Crippen molar-refractivity contribution in [3.8, 4) is 11.5 Å². The Morgan fingerprint density at radius 1 is 0.848 bits per heavy atom. The number of nitrogens with zero attached hydrogens (tertiary/aromatic N) is 2. The maximum atomic E-state index is 12.9. The van der Waals surface area contributed by atoms with Crippen LogP contribution in [0.25, 0.3) is 0 Å². The second-order valence-corrected chi connectivity index (χ2v) is 14.4. The van der Waals surface area contributed by atoms with Crippen LogP contribution < -0.4 is 4.74 Å². The van der Waals surface area contributed by atoms with E-state index in [-0.39, 0.29) is 23.9 Å². The van der Waals surface area contributed by atoms with Crippen molar-refractivity contribution >= 4 is 0 Å². The highest BCUT2D eigenvalue weighted by molar-refractivity contribution is 5.62. The SMILES string of the molecule is C=CCN1CC[C@]23c4c5ccc(O)c4OC2C(N(CCCCCCc2ccccc2)CCCCc2ccccc2)CC[C@@]3(O)[C@H]1C5. The third-order valence-corrected chi connectivity index (χ3v) is 11.9. The topological polar surface area (TPSA) is 56.2 Å². The normalized spacial score (nSPS) is 27.7. The van der Waals surface area contributed by atoms with Crippen LogP contribution in [0.4, 0.5) is 0 Å². The number of phenols is 1. The predicted molar refractivity (Wildman–Crippen MR) is 186 cm³/mol. The Labute approximate surface area is 275 Å². The molecule has 2 N–H and O–H groups in total. The smallest absolute Gasteiger partial charge is 0.165 e. The number of benzene rings is 3. The highest BCUT2D eigenvalue weighted by Crippen LogP contribution is 2.65. The molecule has 0 aromatic heterocycles. The van der Waals surface area contributed by atoms with E-state index >= 15 is 0 Å². The standard InChI is InChI=1S/C41H52N2O3/c1-2-26-43-29-25-40-37-33-21-22-35(44)38(37)46-39(40)34(23-24-41(40,45)36(43)30-33)42(28-14-12-20-32-18-10-6-11-19-32)27-13-4-3-7-15-31-16-8-5-9-17-31/h2,5-6,8-11,16-19,21-22,34,36,39,44-45H,1,3-4,7,12-15,20,23-30H2/t34?,36-,39?,40+,41-/m1/s1. The maximum Gasteiger partial charge on any atom is 0.165 e. The van der Waals surface area contributed by atoms with Gasteiger partial charge in [-0.2, -0.15) is 0 Å². The summed E-state index contributed by atoms with van der Waals surface area (Å²) < 4.78 is 6.94. The first-order valence-corrected chi connectivity index (χ1v) is 18.0. The molecule has 244 valence electrons. The molecule has 2 bridgehead atoms. The minimum atomic E-state index is -0.877. The molecule has 3 aromatic carbocycles. The van der Waals surface area contributed by atoms with Crippen molar-refractivity contribution in [2.45, 2.75) is 106 Å². The van der Waals surface area contributed by atoms with E-state index < -0.39 is 11.0 Å². The Balaban J connectivity index is 1.10. The van der Waals surface area contributed by atoms with Gasteiger partial charge in [-0.1, -0.05) is 85.6 Å². The summed E-state index contributed by atoms with van der Waals surface area (Å²) in [6, 6.07) is 25.8. The second kappa shape index (κ2) is 13.5. The molecular formula is C41H52N2O3. The fraction of sp³-hybridized carbons (Fsp3) is 0.512. The Bertz CT molecular complexity index is 1480. The zero-order valence-corrected chi connectivity index (χ0v) is 27.5. The first-order chi connectivity index (χ1) is 22.5. The van der Waals surface area contributed by atoms with Crippen molar-refractivity contribution in [3.63, 3.8) is 0 Å². The van der Waals surface area contributed by atoms with E-state index in [1.807, 2.05) is 12.1 Å². The molecule has 0 radical (unpaired) electrons. The number of aromatic hydroxyl groups is 1. The number of aryl methyl sites for hydroxylation is 2. The molecule has 4 aliphatic rings. The summed E-state index contributed by atoms with van der Waals surface area (Å²) in [7, 11) is 0. The van der Waals surface area contributed by atoms with E-state index in [9.17, 15) is 10.2 Å². The number of phenolic OH excluding ortho intramolecular Hbond substituents is 1. The molecule has 1 spiro atoms. The van der Waals surface area contributed by atoms with Crippen LogP contribution in [0.3, 0.4) is 0 Å². The molecule has 1 saturated heterocycles. The number of likely N-dealkylation sites (tertiary alicyclic amines) is 1. The van der Waals surface area contributed by atoms with Crippen molar-refractivity contribution in [1.29, 1.82) is 0 Å². The highest BCUT2D eigenvalue weighted by Gasteiger charge is 2.73. The number of rotatable bonds is 15. The predicted octanol–water partition coefficient (Wildman–Crippen LogP) is 7.23. The van der Waals surface area contributed by atoms with Crippen LogP contribution >= 0.6 is 0 Å². The average molecular weight is 621 g/mol. The van der Waals surface area contributed by atoms with Gasteiger partial charge in [-0.05, 0) is 107 Å². The first kappa shape index (κ1) is 31.5. The average Bonchev–Trinajstić information content (AvgIpc) is 3.43. The zero-order valence-electron chi connectivity index (χ0n) is 27.5. The molecule has 2 fully saturated rings. The van der Waals surface area contributed by atoms with Crippen LogP contribution in [-0.2, 0) is 24.7 Å². The van der Waals surface area contributed by atoms with Gasteiger partial charge in [0, 0.05) is 24.2 Å². The minimum Gasteiger partial charge on any atom is -0.504 e. The van der Waals surface area contributed by atoms with Crippen molar-refractivity contribution in [2.75, 3.05) is 26.2 Å². The van der Waals surface area contributed by atoms with E-state index in [4.69, 9.17) is 4.74 Å². The number of piperidine rings is 1. The Morgan fingerprint density at radius 3 is 2.20 bits per heavy atom. The van der Waals surface area contributed by atoms with Crippen molar-refractivity contribution in [2.24, 2.45) is 0 Å². The number of hydrogen-bond donors (Lipinski definition) is 2. The third-order valence-electron chi connectivity index (χ3n) is 11.9. The lowest BCUT2D eigenvalue weighted by Gasteiger charge is -2.65. The van der Waals surface area contributed by atoms with Gasteiger partial charge < -0.3 is 14.9 Å². The van der Waals surface area contributed by atoms with E-state index in [1.54, 1.807) is 0 Å². The van der Waals surface area contributed by atoms with Crippen LogP contribution in [0.15, 0.2) is 85.5 Å². The fourth-order valence-electron chi connectivity index (χ4n) is 9.74. The van der Waals surface area contributed by atoms with Crippen molar-refractivity contribution in [1.82, 2.24) is 9.80 Å². The van der Waals surface area contributed by atoms with Gasteiger partial charge in [-0.25, -0.2) is 0 Å². The lowest BCUT2D eigenvalue weighted by Crippen LogP contribution is -2.78. The Hall–Kier alpha value is -3.12. The number of hydrogen-bond acceptors (Lipinski definition) is 5. The summed E-state index contributed by atoms with van der Waals surface area (Å²) >= 11 is 0. The molecule has 2 unspecified atom stereocenters. The molecule has 46 heavy (non-hydrogen) atoms. The molecule has 2 heterocycles. The first-order valence-electron chi connectivity index (χ1n) is 18.0. The van der Waals surface area contributed by atoms with Gasteiger partial charge in [0.05, 0.1) is 11.0 Å². The molecule has 1 saturated carbocycles. The van der Waals surface area contributed by atoms with E-state index in [0.29, 0.717) is 5.75 Å². The van der Waals surface area contributed by atoms with Gasteiger partial charge in [0.1, 0.15) is 6.10 Å². The van der Waals surface area contributed by atoms with Gasteiger partial charge in [-0.15, -0.1) is 6.58 Å². The molecule has 7 rings (SSSR count). The van der Waals surface area contributed by atoms with Crippen LogP contribution in [0.2, 0.25) is 0 Å². The van der Waals surface area contributed by atoms with E-state index in [0.717, 1.165) is 83.1 Å². The summed E-state index contributed by atoms with van der Waals surface area (Å²) in [6.07, 6.45) is 14.6. The molecule has 5 heteroatoms. The van der Waals surface area contributed by atoms with Crippen LogP contribution in [0.5, 0.6) is 11.5 Å². The Morgan fingerprint density at radius 2 is 1.50 bits per heavy atom. The number of unbranched alkanes of at least 4 members (excludes halogenated alkanes) is 4. The second-order valence-electron chi connectivity index (χ2n) is 14.4. The highest BCUT2D eigenvalue weighted by atomic mass is 16.5. The summed E-state index contributed by atoms with van der Waals surface area (Å²) in [5.41, 5.74) is 3.83. The number of aliphatic hydroxyl groups is 1. The van der Waals surface area contributed by atoms with Crippen molar-refractivity contribution < 1.29 is 14.9 Å². The lowest BCUT2D eigenvalue weighted by atomic mass is 9.48. The quantitative estimate of drug-likeness (QED) is 0.139. The summed E-state index contributed by atoms with van der Waals surface area (Å²) in [5.74, 6) is 0.872. The number of ether oxygens (including phenoxy) is 1. The van der Waals surface area contributed by atoms with Crippen molar-refractivity contribution in [3.05, 3.63) is 108 Å². The Kier molecular flexibility index (Phi) is 9.27. The third kappa shape index (κ3) is 5.59. The monoisotopic (exact) mass is 620 g/mol. The molecule has 5 nitrogen and oxygen atoms in total. The summed E-state index contributed by atoms with van der Waals surface area (Å²) in [6.45, 7) is 7.83. The van der Waals surface area contributed by atoms with Gasteiger partial charge in [0.2, 0.25) is 0 Å².